The van der Waals surface area contributed by atoms with E-state index in [2.05, 4.69) is 69.5 Å². The fraction of sp³-hybridized carbons (Fsp3) is 0.829. The molecule has 0 aromatic rings. The molecular formula is C35H68O7P2. The highest BCUT2D eigenvalue weighted by Gasteiger charge is 2.31. The SMILES string of the molecule is C/C(=C/CC/C(C)=C\COP(=O)(O)OP(=O)(O)O)CC/C=C(/C)CCCC(C)CCCC(C)CCCC(C)CCCC(C)C. The Labute approximate surface area is 271 Å². The lowest BCUT2D eigenvalue weighted by atomic mass is 9.90. The summed E-state index contributed by atoms with van der Waals surface area (Å²) in [5.41, 5.74) is 3.78. The molecule has 0 fully saturated rings. The minimum Gasteiger partial charge on any atom is -0.302 e. The molecule has 7 nitrogen and oxygen atoms in total. The summed E-state index contributed by atoms with van der Waals surface area (Å²) >= 11 is 0. The Morgan fingerprint density at radius 3 is 1.41 bits per heavy atom. The van der Waals surface area contributed by atoms with Gasteiger partial charge < -0.3 is 14.7 Å². The molecule has 0 aliphatic rings. The highest BCUT2D eigenvalue weighted by atomic mass is 31.3. The fourth-order valence-electron chi connectivity index (χ4n) is 5.50. The highest BCUT2D eigenvalue weighted by molar-refractivity contribution is 7.60. The van der Waals surface area contributed by atoms with Gasteiger partial charge in [0.25, 0.3) is 0 Å². The number of allylic oxidation sites excluding steroid dienone is 5. The van der Waals surface area contributed by atoms with E-state index in [0.29, 0.717) is 0 Å². The molecule has 4 unspecified atom stereocenters. The third-order valence-electron chi connectivity index (χ3n) is 8.48. The van der Waals surface area contributed by atoms with E-state index < -0.39 is 15.6 Å². The molecule has 260 valence electrons. The van der Waals surface area contributed by atoms with Crippen LogP contribution in [-0.4, -0.2) is 21.3 Å². The predicted octanol–water partition coefficient (Wildman–Crippen LogP) is 11.9. The van der Waals surface area contributed by atoms with Gasteiger partial charge in [-0.15, -0.1) is 0 Å². The molecule has 0 spiro atoms. The van der Waals surface area contributed by atoms with Crippen molar-refractivity contribution >= 4 is 15.6 Å². The quantitative estimate of drug-likeness (QED) is 0.0592. The summed E-state index contributed by atoms with van der Waals surface area (Å²) in [6, 6.07) is 0. The lowest BCUT2D eigenvalue weighted by Crippen LogP contribution is -2.01. The van der Waals surface area contributed by atoms with Gasteiger partial charge in [0.05, 0.1) is 6.61 Å². The Kier molecular flexibility index (Phi) is 24.3. The number of hydrogen-bond donors (Lipinski definition) is 3. The molecule has 0 aliphatic carbocycles. The summed E-state index contributed by atoms with van der Waals surface area (Å²) in [5, 5.41) is 0. The molecule has 0 aromatic carbocycles. The van der Waals surface area contributed by atoms with Crippen LogP contribution in [0.15, 0.2) is 34.9 Å². The highest BCUT2D eigenvalue weighted by Crippen LogP contribution is 2.57. The molecule has 0 radical (unpaired) electrons. The van der Waals surface area contributed by atoms with Crippen LogP contribution in [0.2, 0.25) is 0 Å². The normalized spacial score (nSPS) is 17.1. The van der Waals surface area contributed by atoms with Gasteiger partial charge >= 0.3 is 15.6 Å². The Balaban J connectivity index is 4.01. The molecule has 0 saturated carbocycles. The third-order valence-corrected chi connectivity index (χ3v) is 10.6. The second-order valence-electron chi connectivity index (χ2n) is 14.0. The van der Waals surface area contributed by atoms with Crippen LogP contribution in [0, 0.1) is 23.7 Å². The van der Waals surface area contributed by atoms with E-state index in [0.717, 1.165) is 54.9 Å². The topological polar surface area (TPSA) is 113 Å². The van der Waals surface area contributed by atoms with Crippen molar-refractivity contribution < 1.29 is 32.6 Å². The van der Waals surface area contributed by atoms with E-state index >= 15 is 0 Å². The van der Waals surface area contributed by atoms with Crippen molar-refractivity contribution in [2.45, 2.75) is 158 Å². The summed E-state index contributed by atoms with van der Waals surface area (Å²) < 4.78 is 30.5. The minimum atomic E-state index is -5.09. The van der Waals surface area contributed by atoms with Crippen molar-refractivity contribution in [1.29, 1.82) is 0 Å². The molecule has 3 N–H and O–H groups in total. The van der Waals surface area contributed by atoms with E-state index in [1.807, 2.05) is 6.92 Å². The molecule has 9 heteroatoms. The van der Waals surface area contributed by atoms with Crippen molar-refractivity contribution in [1.82, 2.24) is 0 Å². The van der Waals surface area contributed by atoms with Crippen molar-refractivity contribution in [2.75, 3.05) is 6.61 Å². The first kappa shape index (κ1) is 43.5. The second kappa shape index (κ2) is 24.6. The predicted molar refractivity (Wildman–Crippen MR) is 186 cm³/mol. The first-order valence-corrected chi connectivity index (χ1v) is 20.2. The monoisotopic (exact) mass is 662 g/mol. The second-order valence-corrected chi connectivity index (χ2v) is 16.8. The summed E-state index contributed by atoms with van der Waals surface area (Å²) in [4.78, 5) is 26.5. The van der Waals surface area contributed by atoms with Gasteiger partial charge in [0.15, 0.2) is 0 Å². The van der Waals surface area contributed by atoms with Gasteiger partial charge in [-0.3, -0.25) is 4.52 Å². The molecule has 0 saturated heterocycles. The first-order valence-electron chi connectivity index (χ1n) is 17.2. The van der Waals surface area contributed by atoms with Crippen molar-refractivity contribution in [3.8, 4) is 0 Å². The van der Waals surface area contributed by atoms with Gasteiger partial charge in [0.1, 0.15) is 0 Å². The average molecular weight is 663 g/mol. The van der Waals surface area contributed by atoms with Gasteiger partial charge in [-0.25, -0.2) is 9.13 Å². The number of phosphoric ester groups is 1. The standard InChI is InChI=1S/C35H68O7P2/c1-29(2)15-9-16-30(3)17-10-18-31(4)19-11-20-32(5)21-12-22-33(6)23-13-24-34(7)25-14-26-35(8)27-28-41-44(39,40)42-43(36,37)38/h23,25,27,29-32H,9-22,24,26,28H2,1-8H3,(H,39,40)(H2,36,37,38)/b33-23-,34-25-,35-27-. The van der Waals surface area contributed by atoms with Crippen LogP contribution in [0.1, 0.15) is 158 Å². The maximum Gasteiger partial charge on any atom is 0.481 e. The largest absolute Gasteiger partial charge is 0.481 e. The van der Waals surface area contributed by atoms with Gasteiger partial charge in [-0.05, 0) is 83.0 Å². The molecular weight excluding hydrogens is 594 g/mol. The molecule has 4 atom stereocenters. The van der Waals surface area contributed by atoms with Crippen molar-refractivity contribution in [3.63, 3.8) is 0 Å². The summed E-state index contributed by atoms with van der Waals surface area (Å²) in [5.74, 6) is 3.40. The Morgan fingerprint density at radius 1 is 0.591 bits per heavy atom. The minimum absolute atomic E-state index is 0.261. The average Bonchev–Trinajstić information content (AvgIpc) is 2.87. The number of phosphoric acid groups is 2. The smallest absolute Gasteiger partial charge is 0.302 e. The third kappa shape index (κ3) is 28.9. The molecule has 0 amide bonds. The Morgan fingerprint density at radius 2 is 0.977 bits per heavy atom. The van der Waals surface area contributed by atoms with Gasteiger partial charge in [0, 0.05) is 0 Å². The van der Waals surface area contributed by atoms with Gasteiger partial charge in [-0.1, -0.05) is 134 Å². The van der Waals surface area contributed by atoms with E-state index in [-0.39, 0.29) is 6.61 Å². The van der Waals surface area contributed by atoms with E-state index in [4.69, 9.17) is 9.79 Å². The first-order chi connectivity index (χ1) is 20.5. The Bertz CT molecular complexity index is 935. The summed E-state index contributed by atoms with van der Waals surface area (Å²) in [7, 11) is -9.88. The maximum absolute atomic E-state index is 11.5. The summed E-state index contributed by atoms with van der Waals surface area (Å²) in [6.45, 7) is 18.0. The van der Waals surface area contributed by atoms with Gasteiger partial charge in [-0.2, -0.15) is 4.31 Å². The van der Waals surface area contributed by atoms with E-state index in [1.165, 1.54) is 88.2 Å². The fourth-order valence-corrected chi connectivity index (χ4v) is 7.02. The maximum atomic E-state index is 11.5. The van der Waals surface area contributed by atoms with E-state index in [9.17, 15) is 14.0 Å². The van der Waals surface area contributed by atoms with Crippen LogP contribution in [0.5, 0.6) is 0 Å². The van der Waals surface area contributed by atoms with Crippen molar-refractivity contribution in [2.24, 2.45) is 23.7 Å². The lowest BCUT2D eigenvalue weighted by Gasteiger charge is -2.16. The number of rotatable bonds is 27. The molecule has 0 heterocycles. The van der Waals surface area contributed by atoms with Crippen LogP contribution in [-0.2, 0) is 18.0 Å². The van der Waals surface area contributed by atoms with Crippen LogP contribution < -0.4 is 0 Å². The van der Waals surface area contributed by atoms with Crippen LogP contribution in [0.4, 0.5) is 0 Å². The molecule has 0 aromatic heterocycles. The van der Waals surface area contributed by atoms with Crippen molar-refractivity contribution in [3.05, 3.63) is 34.9 Å². The molecule has 0 aliphatic heterocycles. The lowest BCUT2D eigenvalue weighted by molar-refractivity contribution is 0.191. The zero-order chi connectivity index (χ0) is 33.6. The van der Waals surface area contributed by atoms with Crippen LogP contribution in [0.25, 0.3) is 0 Å². The number of hydrogen-bond acceptors (Lipinski definition) is 4. The molecule has 44 heavy (non-hydrogen) atoms. The zero-order valence-electron chi connectivity index (χ0n) is 29.4. The van der Waals surface area contributed by atoms with Crippen LogP contribution in [0.3, 0.4) is 0 Å². The Hall–Kier alpha value is -0.520. The molecule has 0 rings (SSSR count). The zero-order valence-corrected chi connectivity index (χ0v) is 31.2. The van der Waals surface area contributed by atoms with E-state index in [1.54, 1.807) is 6.08 Å². The molecule has 0 bridgehead atoms. The van der Waals surface area contributed by atoms with Crippen LogP contribution >= 0.6 is 15.6 Å². The summed E-state index contributed by atoms with van der Waals surface area (Å²) in [6.07, 6.45) is 26.2. The van der Waals surface area contributed by atoms with Gasteiger partial charge in [0.2, 0.25) is 0 Å².